The quantitative estimate of drug-likeness (QED) is 0.0261. The van der Waals surface area contributed by atoms with Gasteiger partial charge in [-0.15, -0.1) is 0 Å². The molecule has 0 aromatic heterocycles. The molecule has 0 aromatic carbocycles. The van der Waals surface area contributed by atoms with Gasteiger partial charge in [0.2, 0.25) is 0 Å². The van der Waals surface area contributed by atoms with Gasteiger partial charge in [0.15, 0.2) is 6.10 Å². The van der Waals surface area contributed by atoms with E-state index in [1.807, 2.05) is 0 Å². The van der Waals surface area contributed by atoms with Crippen LogP contribution in [-0.4, -0.2) is 37.2 Å². The summed E-state index contributed by atoms with van der Waals surface area (Å²) in [5.41, 5.74) is 0. The second-order valence-electron chi connectivity index (χ2n) is 20.9. The van der Waals surface area contributed by atoms with E-state index in [4.69, 9.17) is 14.2 Å². The van der Waals surface area contributed by atoms with Crippen molar-refractivity contribution in [3.8, 4) is 0 Å². The number of ether oxygens (including phenoxy) is 3. The number of carbonyl (C=O) groups excluding carboxylic acids is 3. The van der Waals surface area contributed by atoms with E-state index in [0.717, 1.165) is 122 Å². The first-order valence-corrected chi connectivity index (χ1v) is 31.9. The number of unbranched alkanes of at least 4 members (excludes halogenated alkanes) is 28. The molecule has 0 aliphatic heterocycles. The average Bonchev–Trinajstić information content (AvgIpc) is 3.42. The van der Waals surface area contributed by atoms with Crippen molar-refractivity contribution in [3.05, 3.63) is 109 Å². The van der Waals surface area contributed by atoms with Gasteiger partial charge in [0.25, 0.3) is 0 Å². The summed E-state index contributed by atoms with van der Waals surface area (Å²) in [5, 5.41) is 0. The first-order chi connectivity index (χ1) is 37.5. The van der Waals surface area contributed by atoms with Gasteiger partial charge in [-0.25, -0.2) is 0 Å². The van der Waals surface area contributed by atoms with Crippen molar-refractivity contribution in [3.63, 3.8) is 0 Å². The van der Waals surface area contributed by atoms with E-state index in [0.29, 0.717) is 19.3 Å². The zero-order chi connectivity index (χ0) is 55.0. The molecule has 1 atom stereocenters. The van der Waals surface area contributed by atoms with Gasteiger partial charge in [-0.05, 0) is 122 Å². The van der Waals surface area contributed by atoms with Crippen LogP contribution in [0.5, 0.6) is 0 Å². The van der Waals surface area contributed by atoms with Crippen molar-refractivity contribution in [2.45, 2.75) is 303 Å². The molecule has 0 rings (SSSR count). The SMILES string of the molecule is CC/C=C\C/C=C\C/C=C\C/C=C\C/C=C\C/C=C\C/C=C\CCCCCCCCCCCCCCCC(=O)OCC(COC(=O)CCCCCCC/C=C\CCCC)OC(=O)CCCCCCC/C=C\CCCCC. The smallest absolute Gasteiger partial charge is 0.306 e. The van der Waals surface area contributed by atoms with Crippen molar-refractivity contribution in [2.24, 2.45) is 0 Å². The summed E-state index contributed by atoms with van der Waals surface area (Å²) in [5.74, 6) is -0.899. The number of hydrogen-bond acceptors (Lipinski definition) is 6. The van der Waals surface area contributed by atoms with Crippen molar-refractivity contribution in [2.75, 3.05) is 13.2 Å². The molecule has 434 valence electrons. The van der Waals surface area contributed by atoms with Crippen LogP contribution in [0.25, 0.3) is 0 Å². The van der Waals surface area contributed by atoms with Gasteiger partial charge < -0.3 is 14.2 Å². The van der Waals surface area contributed by atoms with E-state index in [-0.39, 0.29) is 31.1 Å². The molecule has 0 amide bonds. The fourth-order valence-electron chi connectivity index (χ4n) is 8.69. The van der Waals surface area contributed by atoms with Crippen LogP contribution < -0.4 is 0 Å². The summed E-state index contributed by atoms with van der Waals surface area (Å²) in [4.78, 5) is 38.1. The van der Waals surface area contributed by atoms with Crippen molar-refractivity contribution in [1.82, 2.24) is 0 Å². The Kier molecular flexibility index (Phi) is 60.3. The summed E-state index contributed by atoms with van der Waals surface area (Å²) in [6.07, 6.45) is 86.8. The Morgan fingerprint density at radius 1 is 0.276 bits per heavy atom. The minimum absolute atomic E-state index is 0.0830. The minimum Gasteiger partial charge on any atom is -0.462 e. The lowest BCUT2D eigenvalue weighted by Crippen LogP contribution is -2.30. The molecule has 0 saturated carbocycles. The Bertz CT molecular complexity index is 1540. The highest BCUT2D eigenvalue weighted by molar-refractivity contribution is 5.71. The average molecular weight is 1060 g/mol. The molecule has 6 nitrogen and oxygen atoms in total. The second kappa shape index (κ2) is 63.6. The molecular formula is C70H118O6. The monoisotopic (exact) mass is 1050 g/mol. The van der Waals surface area contributed by atoms with Crippen LogP contribution in [0.15, 0.2) is 109 Å². The zero-order valence-corrected chi connectivity index (χ0v) is 49.7. The van der Waals surface area contributed by atoms with Gasteiger partial charge in [-0.2, -0.15) is 0 Å². The fourth-order valence-corrected chi connectivity index (χ4v) is 8.69. The van der Waals surface area contributed by atoms with Gasteiger partial charge in [-0.1, -0.05) is 265 Å². The maximum atomic E-state index is 12.8. The van der Waals surface area contributed by atoms with E-state index in [9.17, 15) is 14.4 Å². The molecule has 76 heavy (non-hydrogen) atoms. The highest BCUT2D eigenvalue weighted by Gasteiger charge is 2.19. The molecule has 0 heterocycles. The summed E-state index contributed by atoms with van der Waals surface area (Å²) >= 11 is 0. The molecule has 0 saturated heterocycles. The van der Waals surface area contributed by atoms with Gasteiger partial charge in [0.1, 0.15) is 13.2 Å². The molecule has 0 aliphatic carbocycles. The molecule has 6 heteroatoms. The van der Waals surface area contributed by atoms with Crippen LogP contribution in [0.4, 0.5) is 0 Å². The fraction of sp³-hybridized carbons (Fsp3) is 0.700. The molecule has 0 bridgehead atoms. The molecule has 0 aromatic rings. The van der Waals surface area contributed by atoms with Crippen LogP contribution in [0.1, 0.15) is 297 Å². The number of allylic oxidation sites excluding steroid dienone is 18. The van der Waals surface area contributed by atoms with Crippen molar-refractivity contribution >= 4 is 17.9 Å². The first-order valence-electron chi connectivity index (χ1n) is 31.9. The third-order valence-electron chi connectivity index (χ3n) is 13.5. The van der Waals surface area contributed by atoms with Crippen molar-refractivity contribution in [1.29, 1.82) is 0 Å². The number of rotatable bonds is 57. The number of esters is 3. The van der Waals surface area contributed by atoms with E-state index < -0.39 is 6.10 Å². The van der Waals surface area contributed by atoms with Gasteiger partial charge in [-0.3, -0.25) is 14.4 Å². The predicted octanol–water partition coefficient (Wildman–Crippen LogP) is 21.8. The number of hydrogen-bond donors (Lipinski definition) is 0. The molecule has 1 unspecified atom stereocenters. The summed E-state index contributed by atoms with van der Waals surface area (Å²) in [6.45, 7) is 6.46. The first kappa shape index (κ1) is 72.1. The Balaban J connectivity index is 4.10. The lowest BCUT2D eigenvalue weighted by Gasteiger charge is -2.18. The Hall–Kier alpha value is -3.93. The summed E-state index contributed by atoms with van der Waals surface area (Å²) in [7, 11) is 0. The summed E-state index contributed by atoms with van der Waals surface area (Å²) in [6, 6.07) is 0. The third kappa shape index (κ3) is 60.9. The normalized spacial score (nSPS) is 12.8. The van der Waals surface area contributed by atoms with Crippen LogP contribution in [-0.2, 0) is 28.6 Å². The Morgan fingerprint density at radius 2 is 0.526 bits per heavy atom. The van der Waals surface area contributed by atoms with Crippen LogP contribution in [0, 0.1) is 0 Å². The Morgan fingerprint density at radius 3 is 0.855 bits per heavy atom. The van der Waals surface area contributed by atoms with Gasteiger partial charge >= 0.3 is 17.9 Å². The molecule has 0 spiro atoms. The van der Waals surface area contributed by atoms with E-state index in [2.05, 4.69) is 130 Å². The lowest BCUT2D eigenvalue weighted by atomic mass is 10.0. The second-order valence-corrected chi connectivity index (χ2v) is 20.9. The van der Waals surface area contributed by atoms with Gasteiger partial charge in [0, 0.05) is 19.3 Å². The van der Waals surface area contributed by atoms with Crippen molar-refractivity contribution < 1.29 is 28.6 Å². The standard InChI is InChI=1S/C70H118O6/c1-4-7-10-13-16-19-22-24-25-26-27-28-29-30-31-32-33-34-35-36-37-38-39-40-41-42-43-44-45-46-49-51-54-57-60-63-69(72)75-66-67(65-74-68(71)62-59-56-53-50-47-21-18-15-12-9-6-3)76-70(73)64-61-58-55-52-48-23-20-17-14-11-8-5-2/h7,10,15-20,24-25,27-28,30-31,33-34,36-37,67H,4-6,8-9,11-14,21-23,26,29,32,35,38-66H2,1-3H3/b10-7-,18-15-,19-16-,20-17-,25-24-,28-27-,31-30-,34-33-,37-36-. The van der Waals surface area contributed by atoms with Gasteiger partial charge in [0.05, 0.1) is 0 Å². The maximum absolute atomic E-state index is 12.8. The topological polar surface area (TPSA) is 78.9 Å². The molecular weight excluding hydrogens is 937 g/mol. The minimum atomic E-state index is -0.784. The maximum Gasteiger partial charge on any atom is 0.306 e. The van der Waals surface area contributed by atoms with Crippen LogP contribution >= 0.6 is 0 Å². The van der Waals surface area contributed by atoms with E-state index in [1.165, 1.54) is 135 Å². The molecule has 0 aliphatic rings. The largest absolute Gasteiger partial charge is 0.462 e. The highest BCUT2D eigenvalue weighted by atomic mass is 16.6. The Labute approximate surface area is 470 Å². The van der Waals surface area contributed by atoms with E-state index in [1.54, 1.807) is 0 Å². The molecule has 0 N–H and O–H groups in total. The molecule has 0 fully saturated rings. The lowest BCUT2D eigenvalue weighted by molar-refractivity contribution is -0.167. The van der Waals surface area contributed by atoms with Crippen LogP contribution in [0.2, 0.25) is 0 Å². The summed E-state index contributed by atoms with van der Waals surface area (Å²) < 4.78 is 16.8. The highest BCUT2D eigenvalue weighted by Crippen LogP contribution is 2.16. The number of carbonyl (C=O) groups is 3. The van der Waals surface area contributed by atoms with E-state index >= 15 is 0 Å². The molecule has 0 radical (unpaired) electrons. The predicted molar refractivity (Wildman–Crippen MR) is 330 cm³/mol. The zero-order valence-electron chi connectivity index (χ0n) is 49.7. The third-order valence-corrected chi connectivity index (χ3v) is 13.5. The van der Waals surface area contributed by atoms with Crippen LogP contribution in [0.3, 0.4) is 0 Å².